The molecule has 1 aromatic rings. The van der Waals surface area contributed by atoms with E-state index in [9.17, 15) is 13.2 Å². The molecule has 2 heterocycles. The van der Waals surface area contributed by atoms with Crippen LogP contribution in [0.5, 0.6) is 0 Å². The summed E-state index contributed by atoms with van der Waals surface area (Å²) in [5.74, 6) is -0.0936. The van der Waals surface area contributed by atoms with Crippen LogP contribution in [0.3, 0.4) is 0 Å². The summed E-state index contributed by atoms with van der Waals surface area (Å²) in [6.07, 6.45) is 6.79. The number of aryl methyl sites for hydroxylation is 1. The molecule has 1 spiro atoms. The first-order valence-electron chi connectivity index (χ1n) is 7.32. The molecular weight excluding hydrogens is 304 g/mol. The largest absolute Gasteiger partial charge is 0.337 e. The minimum atomic E-state index is -3.16. The third-order valence-corrected chi connectivity index (χ3v) is 5.23. The molecule has 7 nitrogen and oxygen atoms in total. The van der Waals surface area contributed by atoms with Gasteiger partial charge in [-0.25, -0.2) is 18.1 Å². The molecule has 2 aliphatic rings. The zero-order valence-electron chi connectivity index (χ0n) is 12.7. The molecule has 120 valence electrons. The van der Waals surface area contributed by atoms with Gasteiger partial charge in [0.2, 0.25) is 10.0 Å². The van der Waals surface area contributed by atoms with E-state index in [4.69, 9.17) is 0 Å². The topological polar surface area (TPSA) is 92.3 Å². The summed E-state index contributed by atoms with van der Waals surface area (Å²) >= 11 is 0. The van der Waals surface area contributed by atoms with Crippen LogP contribution in [-0.2, 0) is 10.0 Å². The Morgan fingerprint density at radius 1 is 1.36 bits per heavy atom. The number of likely N-dealkylation sites (tertiary alicyclic amines) is 1. The number of hydrogen-bond donors (Lipinski definition) is 1. The van der Waals surface area contributed by atoms with Crippen molar-refractivity contribution in [1.82, 2.24) is 19.6 Å². The third-order valence-electron chi connectivity index (χ3n) is 4.47. The predicted octanol–water partition coefficient (Wildman–Crippen LogP) is 0.329. The van der Waals surface area contributed by atoms with Crippen LogP contribution in [0.4, 0.5) is 0 Å². The van der Waals surface area contributed by atoms with Crippen molar-refractivity contribution in [1.29, 1.82) is 0 Å². The van der Waals surface area contributed by atoms with Crippen molar-refractivity contribution in [3.05, 3.63) is 23.8 Å². The molecule has 0 radical (unpaired) electrons. The average Bonchev–Trinajstić information content (AvgIpc) is 2.82. The number of nitrogens with zero attached hydrogens (tertiary/aromatic N) is 3. The van der Waals surface area contributed by atoms with Crippen LogP contribution in [0.1, 0.15) is 35.4 Å². The monoisotopic (exact) mass is 324 g/mol. The molecule has 0 unspecified atom stereocenters. The molecule has 1 N–H and O–H groups in total. The minimum absolute atomic E-state index is 0.00391. The van der Waals surface area contributed by atoms with E-state index in [1.54, 1.807) is 11.1 Å². The van der Waals surface area contributed by atoms with Crippen molar-refractivity contribution < 1.29 is 13.2 Å². The van der Waals surface area contributed by atoms with E-state index >= 15 is 0 Å². The number of aromatic nitrogens is 2. The van der Waals surface area contributed by atoms with E-state index < -0.39 is 10.0 Å². The van der Waals surface area contributed by atoms with Gasteiger partial charge in [0, 0.05) is 25.3 Å². The van der Waals surface area contributed by atoms with Crippen LogP contribution < -0.4 is 4.72 Å². The second-order valence-electron chi connectivity index (χ2n) is 6.51. The Kier molecular flexibility index (Phi) is 3.68. The van der Waals surface area contributed by atoms with Crippen LogP contribution >= 0.6 is 0 Å². The Bertz CT molecular complexity index is 681. The number of carbonyl (C=O) groups is 1. The lowest BCUT2D eigenvalue weighted by atomic mass is 9.65. The van der Waals surface area contributed by atoms with Crippen LogP contribution in [0.15, 0.2) is 12.4 Å². The van der Waals surface area contributed by atoms with Crippen molar-refractivity contribution in [3.8, 4) is 0 Å². The Morgan fingerprint density at radius 3 is 2.68 bits per heavy atom. The smallest absolute Gasteiger partial charge is 0.274 e. The van der Waals surface area contributed by atoms with Gasteiger partial charge in [0.05, 0.1) is 18.1 Å². The van der Waals surface area contributed by atoms with Gasteiger partial charge in [-0.2, -0.15) is 0 Å². The second kappa shape index (κ2) is 5.27. The van der Waals surface area contributed by atoms with Gasteiger partial charge >= 0.3 is 0 Å². The van der Waals surface area contributed by atoms with Crippen LogP contribution in [0.2, 0.25) is 0 Å². The summed E-state index contributed by atoms with van der Waals surface area (Å²) in [5, 5.41) is 0. The summed E-state index contributed by atoms with van der Waals surface area (Å²) in [5.41, 5.74) is 1.21. The van der Waals surface area contributed by atoms with Gasteiger partial charge in [-0.1, -0.05) is 0 Å². The van der Waals surface area contributed by atoms with Crippen molar-refractivity contribution in [2.45, 2.75) is 32.2 Å². The molecule has 22 heavy (non-hydrogen) atoms. The van der Waals surface area contributed by atoms with E-state index in [2.05, 4.69) is 14.7 Å². The normalized spacial score (nSPS) is 27.9. The highest BCUT2D eigenvalue weighted by Crippen LogP contribution is 2.48. The molecule has 1 aliphatic heterocycles. The SMILES string of the molecule is Cc1cnc(C(=O)N2CCC3(CC(NS(C)(=O)=O)C3)C2)cn1. The van der Waals surface area contributed by atoms with Gasteiger partial charge in [0.25, 0.3) is 5.91 Å². The zero-order chi connectivity index (χ0) is 16.0. The van der Waals surface area contributed by atoms with E-state index in [-0.39, 0.29) is 17.4 Å². The Hall–Kier alpha value is -1.54. The summed E-state index contributed by atoms with van der Waals surface area (Å²) in [7, 11) is -3.16. The van der Waals surface area contributed by atoms with Crippen molar-refractivity contribution >= 4 is 15.9 Å². The fourth-order valence-electron chi connectivity index (χ4n) is 3.48. The van der Waals surface area contributed by atoms with Gasteiger partial charge in [0.1, 0.15) is 5.69 Å². The maximum Gasteiger partial charge on any atom is 0.274 e. The lowest BCUT2D eigenvalue weighted by Crippen LogP contribution is -2.51. The molecule has 2 fully saturated rings. The number of sulfonamides is 1. The quantitative estimate of drug-likeness (QED) is 0.865. The van der Waals surface area contributed by atoms with Crippen molar-refractivity contribution in [2.24, 2.45) is 5.41 Å². The van der Waals surface area contributed by atoms with E-state index in [1.807, 2.05) is 6.92 Å². The maximum absolute atomic E-state index is 12.4. The molecule has 1 saturated carbocycles. The third kappa shape index (κ3) is 3.12. The van der Waals surface area contributed by atoms with Gasteiger partial charge in [-0.15, -0.1) is 0 Å². The highest BCUT2D eigenvalue weighted by molar-refractivity contribution is 7.88. The average molecular weight is 324 g/mol. The Balaban J connectivity index is 1.59. The first-order valence-corrected chi connectivity index (χ1v) is 9.21. The Labute approximate surface area is 130 Å². The standard InChI is InChI=1S/C14H20N4O3S/c1-10-7-16-12(8-15-10)13(19)18-4-3-14(9-18)5-11(6-14)17-22(2,20)21/h7-8,11,17H,3-6,9H2,1-2H3. The minimum Gasteiger partial charge on any atom is -0.337 e. The van der Waals surface area contributed by atoms with Crippen LogP contribution in [0.25, 0.3) is 0 Å². The summed E-state index contributed by atoms with van der Waals surface area (Å²) in [4.78, 5) is 22.5. The number of hydrogen-bond acceptors (Lipinski definition) is 5. The number of rotatable bonds is 3. The molecule has 0 atom stereocenters. The lowest BCUT2D eigenvalue weighted by molar-refractivity contribution is 0.0682. The fraction of sp³-hybridized carbons (Fsp3) is 0.643. The van der Waals surface area contributed by atoms with Crippen LogP contribution in [0, 0.1) is 12.3 Å². The van der Waals surface area contributed by atoms with Gasteiger partial charge < -0.3 is 4.90 Å². The highest BCUT2D eigenvalue weighted by atomic mass is 32.2. The molecule has 1 aliphatic carbocycles. The van der Waals surface area contributed by atoms with Crippen LogP contribution in [-0.4, -0.2) is 54.6 Å². The van der Waals surface area contributed by atoms with Gasteiger partial charge in [-0.05, 0) is 31.6 Å². The Morgan fingerprint density at radius 2 is 2.09 bits per heavy atom. The summed E-state index contributed by atoms with van der Waals surface area (Å²) in [6, 6.07) is 0.00391. The van der Waals surface area contributed by atoms with Gasteiger partial charge in [0.15, 0.2) is 0 Å². The van der Waals surface area contributed by atoms with Gasteiger partial charge in [-0.3, -0.25) is 9.78 Å². The molecule has 8 heteroatoms. The van der Waals surface area contributed by atoms with E-state index in [0.29, 0.717) is 18.8 Å². The molecule has 3 rings (SSSR count). The number of carbonyl (C=O) groups excluding carboxylic acids is 1. The summed E-state index contributed by atoms with van der Waals surface area (Å²) < 4.78 is 25.1. The van der Waals surface area contributed by atoms with Crippen molar-refractivity contribution in [3.63, 3.8) is 0 Å². The first kappa shape index (κ1) is 15.4. The van der Waals surface area contributed by atoms with Crippen molar-refractivity contribution in [2.75, 3.05) is 19.3 Å². The van der Waals surface area contributed by atoms with E-state index in [1.165, 1.54) is 12.5 Å². The maximum atomic E-state index is 12.4. The zero-order valence-corrected chi connectivity index (χ0v) is 13.6. The molecule has 0 bridgehead atoms. The second-order valence-corrected chi connectivity index (χ2v) is 8.29. The fourth-order valence-corrected chi connectivity index (χ4v) is 4.25. The first-order chi connectivity index (χ1) is 10.3. The number of amides is 1. The molecule has 1 aromatic heterocycles. The summed E-state index contributed by atoms with van der Waals surface area (Å²) in [6.45, 7) is 3.19. The molecule has 0 aromatic carbocycles. The predicted molar refractivity (Wildman–Crippen MR) is 80.7 cm³/mol. The highest BCUT2D eigenvalue weighted by Gasteiger charge is 2.50. The molecular formula is C14H20N4O3S. The molecule has 1 amide bonds. The molecule has 1 saturated heterocycles. The lowest BCUT2D eigenvalue weighted by Gasteiger charge is -2.45. The number of nitrogens with one attached hydrogen (secondary N) is 1. The van der Waals surface area contributed by atoms with E-state index in [0.717, 1.165) is 25.0 Å².